The summed E-state index contributed by atoms with van der Waals surface area (Å²) in [4.78, 5) is 18.8. The quantitative estimate of drug-likeness (QED) is 0.940. The first kappa shape index (κ1) is 14.5. The maximum absolute atomic E-state index is 11.5. The lowest BCUT2D eigenvalue weighted by Crippen LogP contribution is -2.33. The summed E-state index contributed by atoms with van der Waals surface area (Å²) < 4.78 is 0. The molecule has 106 valence electrons. The summed E-state index contributed by atoms with van der Waals surface area (Å²) in [5, 5.41) is 3.79. The Kier molecular flexibility index (Phi) is 4.74. The molecule has 0 aliphatic carbocycles. The van der Waals surface area contributed by atoms with Crippen LogP contribution in [0.5, 0.6) is 0 Å². The number of hydrogen-bond donors (Lipinski definition) is 1. The van der Waals surface area contributed by atoms with Gasteiger partial charge in [0.15, 0.2) is 0 Å². The van der Waals surface area contributed by atoms with Crippen LogP contribution in [0.25, 0.3) is 0 Å². The normalized spacial score (nSPS) is 10.3. The summed E-state index contributed by atoms with van der Waals surface area (Å²) in [6.45, 7) is 2.50. The van der Waals surface area contributed by atoms with Gasteiger partial charge in [0.1, 0.15) is 5.01 Å². The van der Waals surface area contributed by atoms with E-state index in [2.05, 4.69) is 22.4 Å². The van der Waals surface area contributed by atoms with Gasteiger partial charge in [0.05, 0.1) is 12.2 Å². The number of thiazole rings is 1. The average Bonchev–Trinajstić information content (AvgIpc) is 2.77. The third kappa shape index (κ3) is 3.81. The Morgan fingerprint density at radius 3 is 2.65 bits per heavy atom. The highest BCUT2D eigenvalue weighted by atomic mass is 32.1. The van der Waals surface area contributed by atoms with Crippen LogP contribution in [0.2, 0.25) is 0 Å². The summed E-state index contributed by atoms with van der Waals surface area (Å²) in [6.07, 6.45) is 0.895. The first-order chi connectivity index (χ1) is 9.56. The predicted octanol–water partition coefficient (Wildman–Crippen LogP) is 2.81. The third-order valence-electron chi connectivity index (χ3n) is 2.94. The summed E-state index contributed by atoms with van der Waals surface area (Å²) in [7, 11) is 3.45. The van der Waals surface area contributed by atoms with Crippen LogP contribution in [0.1, 0.15) is 21.1 Å². The van der Waals surface area contributed by atoms with Crippen molar-refractivity contribution in [3.63, 3.8) is 0 Å². The molecule has 2 amide bonds. The molecule has 1 N–H and O–H groups in total. The summed E-state index contributed by atoms with van der Waals surface area (Å²) >= 11 is 1.66. The van der Waals surface area contributed by atoms with Gasteiger partial charge in [-0.05, 0) is 12.5 Å². The van der Waals surface area contributed by atoms with Gasteiger partial charge in [0.2, 0.25) is 0 Å². The number of rotatable bonds is 4. The summed E-state index contributed by atoms with van der Waals surface area (Å²) in [5.74, 6) is 0. The zero-order valence-corrected chi connectivity index (χ0v) is 12.8. The Labute approximate surface area is 123 Å². The Balaban J connectivity index is 2.01. The molecule has 1 aromatic heterocycles. The smallest absolute Gasteiger partial charge is 0.317 e. The molecule has 0 aliphatic heterocycles. The molecule has 2 rings (SSSR count). The average molecular weight is 289 g/mol. The SMILES string of the molecule is Cc1nc(CNC(=O)N(C)C)sc1Cc1ccccc1. The highest BCUT2D eigenvalue weighted by molar-refractivity contribution is 7.11. The molecule has 20 heavy (non-hydrogen) atoms. The topological polar surface area (TPSA) is 45.2 Å². The van der Waals surface area contributed by atoms with Crippen LogP contribution in [-0.4, -0.2) is 30.0 Å². The number of urea groups is 1. The fourth-order valence-corrected chi connectivity index (χ4v) is 2.86. The Hall–Kier alpha value is -1.88. The van der Waals surface area contributed by atoms with Gasteiger partial charge in [0.25, 0.3) is 0 Å². The predicted molar refractivity (Wildman–Crippen MR) is 82.0 cm³/mol. The zero-order valence-electron chi connectivity index (χ0n) is 12.0. The van der Waals surface area contributed by atoms with E-state index in [0.29, 0.717) is 6.54 Å². The van der Waals surface area contributed by atoms with Crippen LogP contribution in [0, 0.1) is 6.92 Å². The molecule has 0 spiro atoms. The highest BCUT2D eigenvalue weighted by Crippen LogP contribution is 2.21. The number of nitrogens with zero attached hydrogens (tertiary/aromatic N) is 2. The van der Waals surface area contributed by atoms with Crippen molar-refractivity contribution in [2.24, 2.45) is 0 Å². The van der Waals surface area contributed by atoms with E-state index in [9.17, 15) is 4.79 Å². The first-order valence-corrected chi connectivity index (χ1v) is 7.32. The first-order valence-electron chi connectivity index (χ1n) is 6.50. The molecular weight excluding hydrogens is 270 g/mol. The van der Waals surface area contributed by atoms with E-state index in [1.165, 1.54) is 15.3 Å². The molecule has 1 heterocycles. The van der Waals surface area contributed by atoms with Crippen molar-refractivity contribution in [2.75, 3.05) is 14.1 Å². The third-order valence-corrected chi connectivity index (χ3v) is 4.10. The number of aromatic nitrogens is 1. The Morgan fingerprint density at radius 2 is 2.00 bits per heavy atom. The van der Waals surface area contributed by atoms with Crippen molar-refractivity contribution in [2.45, 2.75) is 19.9 Å². The molecule has 0 fully saturated rings. The summed E-state index contributed by atoms with van der Waals surface area (Å²) in [6, 6.07) is 10.3. The largest absolute Gasteiger partial charge is 0.331 e. The molecule has 2 aromatic rings. The second-order valence-corrected chi connectivity index (χ2v) is 6.00. The van der Waals surface area contributed by atoms with Gasteiger partial charge < -0.3 is 10.2 Å². The van der Waals surface area contributed by atoms with Gasteiger partial charge in [-0.15, -0.1) is 11.3 Å². The van der Waals surface area contributed by atoms with E-state index in [1.807, 2.05) is 25.1 Å². The minimum Gasteiger partial charge on any atom is -0.331 e. The molecule has 0 bridgehead atoms. The fourth-order valence-electron chi connectivity index (χ4n) is 1.82. The Morgan fingerprint density at radius 1 is 1.30 bits per heavy atom. The molecule has 1 aromatic carbocycles. The van der Waals surface area contributed by atoms with Gasteiger partial charge in [0, 0.05) is 25.4 Å². The zero-order chi connectivity index (χ0) is 14.5. The lowest BCUT2D eigenvalue weighted by atomic mass is 10.1. The van der Waals surface area contributed by atoms with Crippen molar-refractivity contribution in [3.8, 4) is 0 Å². The second kappa shape index (κ2) is 6.52. The van der Waals surface area contributed by atoms with Crippen molar-refractivity contribution < 1.29 is 4.79 Å². The standard InChI is InChI=1S/C15H19N3OS/c1-11-13(9-12-7-5-4-6-8-12)20-14(17-11)10-16-15(19)18(2)3/h4-8H,9-10H2,1-3H3,(H,16,19). The van der Waals surface area contributed by atoms with Gasteiger partial charge in [-0.25, -0.2) is 9.78 Å². The van der Waals surface area contributed by atoms with Crippen molar-refractivity contribution in [1.82, 2.24) is 15.2 Å². The van der Waals surface area contributed by atoms with E-state index >= 15 is 0 Å². The van der Waals surface area contributed by atoms with E-state index in [4.69, 9.17) is 0 Å². The Bertz CT molecular complexity index is 578. The number of hydrogen-bond acceptors (Lipinski definition) is 3. The van der Waals surface area contributed by atoms with E-state index < -0.39 is 0 Å². The van der Waals surface area contributed by atoms with Crippen LogP contribution in [0.15, 0.2) is 30.3 Å². The van der Waals surface area contributed by atoms with E-state index in [-0.39, 0.29) is 6.03 Å². The van der Waals surface area contributed by atoms with E-state index in [1.54, 1.807) is 25.4 Å². The molecule has 0 unspecified atom stereocenters. The lowest BCUT2D eigenvalue weighted by Gasteiger charge is -2.10. The molecule has 0 atom stereocenters. The number of carbonyl (C=O) groups excluding carboxylic acids is 1. The van der Waals surface area contributed by atoms with Gasteiger partial charge in [-0.1, -0.05) is 30.3 Å². The van der Waals surface area contributed by atoms with Gasteiger partial charge in [-0.2, -0.15) is 0 Å². The number of carbonyl (C=O) groups is 1. The molecule has 0 saturated heterocycles. The van der Waals surface area contributed by atoms with Crippen LogP contribution >= 0.6 is 11.3 Å². The monoisotopic (exact) mass is 289 g/mol. The molecule has 0 radical (unpaired) electrons. The maximum Gasteiger partial charge on any atom is 0.317 e. The number of benzene rings is 1. The second-order valence-electron chi connectivity index (χ2n) is 4.83. The van der Waals surface area contributed by atoms with Gasteiger partial charge in [-0.3, -0.25) is 0 Å². The number of amides is 2. The molecule has 5 heteroatoms. The van der Waals surface area contributed by atoms with Crippen molar-refractivity contribution >= 4 is 17.4 Å². The summed E-state index contributed by atoms with van der Waals surface area (Å²) in [5.41, 5.74) is 2.33. The number of aryl methyl sites for hydroxylation is 1. The highest BCUT2D eigenvalue weighted by Gasteiger charge is 2.10. The molecule has 4 nitrogen and oxygen atoms in total. The van der Waals surface area contributed by atoms with E-state index in [0.717, 1.165) is 17.1 Å². The van der Waals surface area contributed by atoms with Crippen LogP contribution in [0.3, 0.4) is 0 Å². The van der Waals surface area contributed by atoms with Crippen molar-refractivity contribution in [1.29, 1.82) is 0 Å². The lowest BCUT2D eigenvalue weighted by molar-refractivity contribution is 0.217. The molecule has 0 saturated carbocycles. The fraction of sp³-hybridized carbons (Fsp3) is 0.333. The molecular formula is C15H19N3OS. The minimum atomic E-state index is -0.0949. The maximum atomic E-state index is 11.5. The van der Waals surface area contributed by atoms with Crippen LogP contribution < -0.4 is 5.32 Å². The van der Waals surface area contributed by atoms with Crippen LogP contribution in [0.4, 0.5) is 4.79 Å². The molecule has 0 aliphatic rings. The number of nitrogens with one attached hydrogen (secondary N) is 1. The van der Waals surface area contributed by atoms with Gasteiger partial charge >= 0.3 is 6.03 Å². The minimum absolute atomic E-state index is 0.0949. The van der Waals surface area contributed by atoms with Crippen LogP contribution in [-0.2, 0) is 13.0 Å². The van der Waals surface area contributed by atoms with Crippen molar-refractivity contribution in [3.05, 3.63) is 51.5 Å².